The minimum atomic E-state index is -0.479. The topological polar surface area (TPSA) is 79.5 Å². The standard InChI is InChI=1S/C17H31N3O3/c1-10(2)15(20-17(22)23-6)12(5)19-14-9-7-8-13(14)16(21)18-11(3)4/h10-11,13-15,19H,5,7-9H2,1-4,6H3,(H,18,21)(H,20,22)/t13-,14-,15+/m1/s1. The highest BCUT2D eigenvalue weighted by Gasteiger charge is 2.34. The molecule has 0 unspecified atom stereocenters. The van der Waals surface area contributed by atoms with Crippen molar-refractivity contribution >= 4 is 12.0 Å². The van der Waals surface area contributed by atoms with Crippen LogP contribution in [0.15, 0.2) is 12.3 Å². The highest BCUT2D eigenvalue weighted by molar-refractivity contribution is 5.80. The third-order valence-corrected chi connectivity index (χ3v) is 4.16. The average molecular weight is 325 g/mol. The molecule has 1 fully saturated rings. The smallest absolute Gasteiger partial charge is 0.407 e. The molecule has 132 valence electrons. The zero-order valence-electron chi connectivity index (χ0n) is 14.9. The van der Waals surface area contributed by atoms with Crippen molar-refractivity contribution in [3.63, 3.8) is 0 Å². The molecule has 0 aromatic carbocycles. The number of methoxy groups -OCH3 is 1. The Morgan fingerprint density at radius 3 is 2.30 bits per heavy atom. The second-order valence-corrected chi connectivity index (χ2v) is 6.83. The van der Waals surface area contributed by atoms with Crippen molar-refractivity contribution in [2.75, 3.05) is 7.11 Å². The van der Waals surface area contributed by atoms with E-state index in [9.17, 15) is 9.59 Å². The molecule has 0 radical (unpaired) electrons. The van der Waals surface area contributed by atoms with Crippen LogP contribution in [0.3, 0.4) is 0 Å². The van der Waals surface area contributed by atoms with Crippen LogP contribution in [-0.2, 0) is 9.53 Å². The minimum Gasteiger partial charge on any atom is -0.453 e. The Balaban J connectivity index is 2.69. The molecule has 6 nitrogen and oxygen atoms in total. The molecule has 0 aromatic heterocycles. The molecule has 6 heteroatoms. The summed E-state index contributed by atoms with van der Waals surface area (Å²) in [5.41, 5.74) is 0.722. The first-order valence-corrected chi connectivity index (χ1v) is 8.36. The molecule has 3 atom stereocenters. The van der Waals surface area contributed by atoms with Crippen LogP contribution in [0, 0.1) is 11.8 Å². The van der Waals surface area contributed by atoms with E-state index in [1.807, 2.05) is 27.7 Å². The number of carbonyl (C=O) groups is 2. The van der Waals surface area contributed by atoms with Crippen molar-refractivity contribution in [1.29, 1.82) is 0 Å². The van der Waals surface area contributed by atoms with E-state index in [0.29, 0.717) is 0 Å². The lowest BCUT2D eigenvalue weighted by Crippen LogP contribution is -2.48. The summed E-state index contributed by atoms with van der Waals surface area (Å²) in [6.45, 7) is 12.0. The van der Waals surface area contributed by atoms with Crippen molar-refractivity contribution in [2.45, 2.75) is 65.1 Å². The van der Waals surface area contributed by atoms with E-state index in [1.54, 1.807) is 0 Å². The summed E-state index contributed by atoms with van der Waals surface area (Å²) < 4.78 is 4.67. The van der Waals surface area contributed by atoms with Crippen molar-refractivity contribution in [3.8, 4) is 0 Å². The van der Waals surface area contributed by atoms with E-state index in [1.165, 1.54) is 7.11 Å². The maximum atomic E-state index is 12.3. The van der Waals surface area contributed by atoms with Gasteiger partial charge >= 0.3 is 6.09 Å². The molecular weight excluding hydrogens is 294 g/mol. The fraction of sp³-hybridized carbons (Fsp3) is 0.765. The summed E-state index contributed by atoms with van der Waals surface area (Å²) in [4.78, 5) is 23.8. The SMILES string of the molecule is C=C(N[C@@H]1CCC[C@H]1C(=O)NC(C)C)[C@@H](NC(=O)OC)C(C)C. The number of alkyl carbamates (subject to hydrolysis) is 1. The van der Waals surface area contributed by atoms with Crippen LogP contribution in [-0.4, -0.2) is 37.2 Å². The third-order valence-electron chi connectivity index (χ3n) is 4.16. The van der Waals surface area contributed by atoms with Crippen molar-refractivity contribution < 1.29 is 14.3 Å². The molecule has 0 aromatic rings. The highest BCUT2D eigenvalue weighted by Crippen LogP contribution is 2.27. The van der Waals surface area contributed by atoms with E-state index in [-0.39, 0.29) is 35.9 Å². The molecule has 1 rings (SSSR count). The zero-order valence-corrected chi connectivity index (χ0v) is 14.9. The number of rotatable bonds is 7. The fourth-order valence-electron chi connectivity index (χ4n) is 3.01. The van der Waals surface area contributed by atoms with E-state index in [4.69, 9.17) is 0 Å². The molecule has 1 saturated carbocycles. The molecule has 0 heterocycles. The molecular formula is C17H31N3O3. The van der Waals surface area contributed by atoms with Crippen molar-refractivity contribution in [2.24, 2.45) is 11.8 Å². The van der Waals surface area contributed by atoms with Crippen LogP contribution in [0.2, 0.25) is 0 Å². The molecule has 2 amide bonds. The largest absolute Gasteiger partial charge is 0.453 e. The number of carbonyl (C=O) groups excluding carboxylic acids is 2. The number of amides is 2. The Hall–Kier alpha value is -1.72. The summed E-state index contributed by atoms with van der Waals surface area (Å²) in [5.74, 6) is 0.198. The monoisotopic (exact) mass is 325 g/mol. The van der Waals surface area contributed by atoms with Gasteiger partial charge in [-0.25, -0.2) is 4.79 Å². The number of nitrogens with one attached hydrogen (secondary N) is 3. The van der Waals surface area contributed by atoms with Crippen LogP contribution in [0.25, 0.3) is 0 Å². The van der Waals surface area contributed by atoms with Gasteiger partial charge in [0, 0.05) is 17.8 Å². The molecule has 23 heavy (non-hydrogen) atoms. The van der Waals surface area contributed by atoms with Crippen LogP contribution >= 0.6 is 0 Å². The molecule has 1 aliphatic rings. The predicted molar refractivity (Wildman–Crippen MR) is 90.9 cm³/mol. The lowest BCUT2D eigenvalue weighted by atomic mass is 9.98. The lowest BCUT2D eigenvalue weighted by molar-refractivity contribution is -0.125. The third kappa shape index (κ3) is 5.77. The van der Waals surface area contributed by atoms with Gasteiger partial charge in [-0.15, -0.1) is 0 Å². The van der Waals surface area contributed by atoms with E-state index < -0.39 is 6.09 Å². The summed E-state index contributed by atoms with van der Waals surface area (Å²) in [5, 5.41) is 9.14. The van der Waals surface area contributed by atoms with Gasteiger partial charge < -0.3 is 20.7 Å². The first kappa shape index (κ1) is 19.3. The molecule has 1 aliphatic carbocycles. The normalized spacial score (nSPS) is 21.9. The van der Waals surface area contributed by atoms with Crippen molar-refractivity contribution in [3.05, 3.63) is 12.3 Å². The van der Waals surface area contributed by atoms with Gasteiger partial charge in [-0.3, -0.25) is 4.79 Å². The number of hydrogen-bond donors (Lipinski definition) is 3. The second-order valence-electron chi connectivity index (χ2n) is 6.83. The van der Waals surface area contributed by atoms with Crippen LogP contribution in [0.5, 0.6) is 0 Å². The summed E-state index contributed by atoms with van der Waals surface area (Å²) in [7, 11) is 1.34. The zero-order chi connectivity index (χ0) is 17.6. The maximum Gasteiger partial charge on any atom is 0.407 e. The molecule has 0 bridgehead atoms. The first-order chi connectivity index (χ1) is 10.8. The Labute approximate surface area is 139 Å². The summed E-state index contributed by atoms with van der Waals surface area (Å²) in [6.07, 6.45) is 2.34. The van der Waals surface area contributed by atoms with Crippen molar-refractivity contribution in [1.82, 2.24) is 16.0 Å². The average Bonchev–Trinajstić information content (AvgIpc) is 2.91. The second kappa shape index (κ2) is 8.79. The molecule has 3 N–H and O–H groups in total. The Kier molecular flexibility index (Phi) is 7.39. The Bertz CT molecular complexity index is 435. The summed E-state index contributed by atoms with van der Waals surface area (Å²) >= 11 is 0. The summed E-state index contributed by atoms with van der Waals surface area (Å²) in [6, 6.07) is -0.0461. The van der Waals surface area contributed by atoms with Gasteiger partial charge in [0.25, 0.3) is 0 Å². The Morgan fingerprint density at radius 1 is 1.13 bits per heavy atom. The van der Waals surface area contributed by atoms with Crippen LogP contribution in [0.4, 0.5) is 4.79 Å². The molecule has 0 saturated heterocycles. The van der Waals surface area contributed by atoms with Gasteiger partial charge in [0.1, 0.15) is 0 Å². The van der Waals surface area contributed by atoms with Crippen LogP contribution in [0.1, 0.15) is 47.0 Å². The van der Waals surface area contributed by atoms with Gasteiger partial charge in [-0.2, -0.15) is 0 Å². The number of hydrogen-bond acceptors (Lipinski definition) is 4. The van der Waals surface area contributed by atoms with E-state index in [0.717, 1.165) is 25.0 Å². The molecule has 0 spiro atoms. The maximum absolute atomic E-state index is 12.3. The lowest BCUT2D eigenvalue weighted by Gasteiger charge is -2.29. The van der Waals surface area contributed by atoms with Gasteiger partial charge in [0.15, 0.2) is 0 Å². The van der Waals surface area contributed by atoms with Gasteiger partial charge in [0.05, 0.1) is 19.1 Å². The Morgan fingerprint density at radius 2 is 1.78 bits per heavy atom. The van der Waals surface area contributed by atoms with Gasteiger partial charge in [-0.1, -0.05) is 26.8 Å². The van der Waals surface area contributed by atoms with Gasteiger partial charge in [-0.05, 0) is 32.6 Å². The van der Waals surface area contributed by atoms with E-state index >= 15 is 0 Å². The fourth-order valence-corrected chi connectivity index (χ4v) is 3.01. The van der Waals surface area contributed by atoms with E-state index in [2.05, 4.69) is 27.3 Å². The van der Waals surface area contributed by atoms with Crippen LogP contribution < -0.4 is 16.0 Å². The highest BCUT2D eigenvalue weighted by atomic mass is 16.5. The minimum absolute atomic E-state index is 0.0555. The molecule has 0 aliphatic heterocycles. The predicted octanol–water partition coefficient (Wildman–Crippen LogP) is 2.16. The first-order valence-electron chi connectivity index (χ1n) is 8.36. The number of ether oxygens (including phenoxy) is 1. The van der Waals surface area contributed by atoms with Gasteiger partial charge in [0.2, 0.25) is 5.91 Å². The quantitative estimate of drug-likeness (QED) is 0.670.